The maximum absolute atomic E-state index is 10.6. The minimum Gasteiger partial charge on any atom is -0.218 e. The van der Waals surface area contributed by atoms with Crippen LogP contribution in [-0.2, 0) is 0 Å². The third-order valence-corrected chi connectivity index (χ3v) is 1.75. The summed E-state index contributed by atoms with van der Waals surface area (Å²) in [5.41, 5.74) is 0. The number of nitrogens with zero attached hydrogens (tertiary/aromatic N) is 2. The summed E-state index contributed by atoms with van der Waals surface area (Å²) in [4.78, 5) is 21.2. The Bertz CT molecular complexity index is 163. The van der Waals surface area contributed by atoms with Crippen molar-refractivity contribution < 1.29 is 9.55 Å². The topological polar surface area (TPSA) is 52.4 Å². The van der Waals surface area contributed by atoms with Crippen LogP contribution >= 0.6 is 12.8 Å². The highest BCUT2D eigenvalue weighted by molar-refractivity contribution is 7.77. The van der Waals surface area contributed by atoms with Gasteiger partial charge in [-0.15, -0.1) is 0 Å². The van der Waals surface area contributed by atoms with Crippen LogP contribution in [0.2, 0.25) is 0 Å². The number of amides is 2. The van der Waals surface area contributed by atoms with Crippen LogP contribution in [0.25, 0.3) is 0 Å². The van der Waals surface area contributed by atoms with Crippen LogP contribution in [-0.4, -0.2) is 27.9 Å². The molecule has 1 unspecified atom stereocenters. The van der Waals surface area contributed by atoms with Crippen molar-refractivity contribution in [1.29, 1.82) is 0 Å². The molecule has 0 bridgehead atoms. The van der Waals surface area contributed by atoms with Crippen LogP contribution in [0.4, 0.5) is 4.79 Å². The van der Waals surface area contributed by atoms with E-state index < -0.39 is 6.03 Å². The van der Waals surface area contributed by atoms with Crippen LogP contribution in [0.15, 0.2) is 0 Å². The molecular weight excluding hydrogens is 154 g/mol. The van der Waals surface area contributed by atoms with E-state index in [2.05, 4.69) is 18.1 Å². The SMILES string of the molecule is CC1NC(=O)[N+](=O)CN1S. The molecule has 1 aliphatic heterocycles. The van der Waals surface area contributed by atoms with Gasteiger partial charge in [0.1, 0.15) is 0 Å². The largest absolute Gasteiger partial charge is 0.532 e. The zero-order valence-electron chi connectivity index (χ0n) is 5.44. The van der Waals surface area contributed by atoms with Crippen molar-refractivity contribution in [2.75, 3.05) is 6.67 Å². The van der Waals surface area contributed by atoms with E-state index in [0.717, 1.165) is 0 Å². The Labute approximate surface area is 63.5 Å². The van der Waals surface area contributed by atoms with Crippen molar-refractivity contribution in [3.8, 4) is 0 Å². The van der Waals surface area contributed by atoms with E-state index in [9.17, 15) is 9.70 Å². The highest BCUT2D eigenvalue weighted by Crippen LogP contribution is 2.04. The van der Waals surface area contributed by atoms with Gasteiger partial charge in [-0.05, 0) is 6.92 Å². The summed E-state index contributed by atoms with van der Waals surface area (Å²) >= 11 is 3.93. The van der Waals surface area contributed by atoms with Gasteiger partial charge in [-0.1, -0.05) is 17.7 Å². The molecule has 1 rings (SSSR count). The molecule has 1 heterocycles. The van der Waals surface area contributed by atoms with E-state index >= 15 is 0 Å². The first-order valence-electron chi connectivity index (χ1n) is 2.82. The summed E-state index contributed by atoms with van der Waals surface area (Å²) in [7, 11) is 0. The van der Waals surface area contributed by atoms with Crippen LogP contribution in [0.3, 0.4) is 0 Å². The lowest BCUT2D eigenvalue weighted by atomic mass is 10.5. The number of rotatable bonds is 0. The van der Waals surface area contributed by atoms with Crippen LogP contribution in [0.1, 0.15) is 6.92 Å². The zero-order valence-corrected chi connectivity index (χ0v) is 6.34. The molecule has 0 aromatic heterocycles. The number of hydrogen-bond donors (Lipinski definition) is 2. The monoisotopic (exact) mass is 162 g/mol. The Kier molecular flexibility index (Phi) is 1.91. The van der Waals surface area contributed by atoms with Crippen LogP contribution in [0.5, 0.6) is 0 Å². The van der Waals surface area contributed by atoms with Gasteiger partial charge in [-0.2, -0.15) is 9.10 Å². The standard InChI is InChI=1S/C4H7N3O2S/c1-3-5-4(8)6(9)2-7(3)10/h3,10H,2H2,1H3/p+1. The average Bonchev–Trinajstić information content (AvgIpc) is 1.84. The lowest BCUT2D eigenvalue weighted by molar-refractivity contribution is -0.480. The zero-order chi connectivity index (χ0) is 7.72. The summed E-state index contributed by atoms with van der Waals surface area (Å²) in [5.74, 6) is 0. The molecular formula is C4H8N3O2S+. The van der Waals surface area contributed by atoms with E-state index in [1.165, 1.54) is 4.31 Å². The molecule has 10 heavy (non-hydrogen) atoms. The van der Waals surface area contributed by atoms with E-state index in [0.29, 0.717) is 4.76 Å². The van der Waals surface area contributed by atoms with E-state index in [1.54, 1.807) is 6.92 Å². The fraction of sp³-hybridized carbons (Fsp3) is 0.750. The van der Waals surface area contributed by atoms with E-state index in [4.69, 9.17) is 0 Å². The van der Waals surface area contributed by atoms with Crippen LogP contribution in [0, 0.1) is 4.91 Å². The first-order valence-corrected chi connectivity index (χ1v) is 3.22. The lowest BCUT2D eigenvalue weighted by Crippen LogP contribution is -2.53. The number of urea groups is 1. The second-order valence-electron chi connectivity index (χ2n) is 2.08. The molecule has 1 fully saturated rings. The molecule has 0 aromatic rings. The minimum atomic E-state index is -0.599. The molecule has 0 spiro atoms. The molecule has 5 nitrogen and oxygen atoms in total. The maximum atomic E-state index is 10.6. The van der Waals surface area contributed by atoms with Gasteiger partial charge in [0.25, 0.3) is 0 Å². The number of carbonyl (C=O) groups is 1. The van der Waals surface area contributed by atoms with E-state index in [-0.39, 0.29) is 12.8 Å². The third-order valence-electron chi connectivity index (χ3n) is 1.28. The van der Waals surface area contributed by atoms with Gasteiger partial charge >= 0.3 is 6.03 Å². The van der Waals surface area contributed by atoms with E-state index in [1.807, 2.05) is 0 Å². The van der Waals surface area contributed by atoms with Crippen molar-refractivity contribution in [3.63, 3.8) is 0 Å². The third kappa shape index (κ3) is 1.27. The predicted octanol–water partition coefficient (Wildman–Crippen LogP) is -0.0612. The number of carbonyl (C=O) groups excluding carboxylic acids is 1. The second kappa shape index (κ2) is 2.55. The molecule has 0 aromatic carbocycles. The van der Waals surface area contributed by atoms with Gasteiger partial charge < -0.3 is 0 Å². The highest BCUT2D eigenvalue weighted by atomic mass is 32.1. The summed E-state index contributed by atoms with van der Waals surface area (Å²) in [6.07, 6.45) is -0.180. The van der Waals surface area contributed by atoms with Crippen molar-refractivity contribution in [2.45, 2.75) is 13.1 Å². The highest BCUT2D eigenvalue weighted by Gasteiger charge is 2.33. The summed E-state index contributed by atoms with van der Waals surface area (Å²) < 4.78 is 1.75. The molecule has 1 N–H and O–H groups in total. The molecule has 56 valence electrons. The van der Waals surface area contributed by atoms with Gasteiger partial charge in [0, 0.05) is 4.76 Å². The van der Waals surface area contributed by atoms with Crippen LogP contribution < -0.4 is 5.32 Å². The number of nitrogens with one attached hydrogen (secondary N) is 1. The summed E-state index contributed by atoms with van der Waals surface area (Å²) in [6, 6.07) is -0.599. The summed E-state index contributed by atoms with van der Waals surface area (Å²) in [5, 5.41) is 2.40. The van der Waals surface area contributed by atoms with Gasteiger partial charge in [0.05, 0.1) is 0 Å². The molecule has 2 amide bonds. The Morgan fingerprint density at radius 1 is 1.90 bits per heavy atom. The minimum absolute atomic E-state index is 0.0100. The van der Waals surface area contributed by atoms with Gasteiger partial charge in [-0.3, -0.25) is 0 Å². The Hall–Kier alpha value is -0.620. The second-order valence-corrected chi connectivity index (χ2v) is 2.60. The Morgan fingerprint density at radius 2 is 2.50 bits per heavy atom. The molecule has 1 saturated heterocycles. The van der Waals surface area contributed by atoms with Gasteiger partial charge in [-0.25, -0.2) is 5.32 Å². The molecule has 0 radical (unpaired) electrons. The molecule has 1 atom stereocenters. The van der Waals surface area contributed by atoms with Crippen molar-refractivity contribution in [3.05, 3.63) is 4.91 Å². The Morgan fingerprint density at radius 3 is 3.00 bits per heavy atom. The average molecular weight is 162 g/mol. The number of nitroso groups, excluding NO2 is 1. The fourth-order valence-electron chi connectivity index (χ4n) is 0.644. The van der Waals surface area contributed by atoms with Crippen molar-refractivity contribution >= 4 is 18.8 Å². The molecule has 0 saturated carbocycles. The predicted molar refractivity (Wildman–Crippen MR) is 37.3 cm³/mol. The molecule has 6 heteroatoms. The fourth-order valence-corrected chi connectivity index (χ4v) is 0.816. The molecule has 1 aliphatic rings. The number of hydrogen-bond acceptors (Lipinski definition) is 4. The normalized spacial score (nSPS) is 28.4. The van der Waals surface area contributed by atoms with Gasteiger partial charge in [0.2, 0.25) is 6.67 Å². The Balaban J connectivity index is 2.63. The smallest absolute Gasteiger partial charge is 0.218 e. The first-order chi connectivity index (χ1) is 4.61. The summed E-state index contributed by atoms with van der Waals surface area (Å²) in [6.45, 7) is 1.76. The maximum Gasteiger partial charge on any atom is 0.532 e. The first kappa shape index (κ1) is 7.49. The quantitative estimate of drug-likeness (QED) is 0.387. The number of thiol groups is 1. The van der Waals surface area contributed by atoms with Gasteiger partial charge in [0.15, 0.2) is 6.17 Å². The molecule has 0 aliphatic carbocycles. The van der Waals surface area contributed by atoms with Crippen molar-refractivity contribution in [1.82, 2.24) is 9.62 Å². The van der Waals surface area contributed by atoms with Crippen molar-refractivity contribution in [2.24, 2.45) is 0 Å². The lowest BCUT2D eigenvalue weighted by Gasteiger charge is -2.20.